The van der Waals surface area contributed by atoms with E-state index in [0.717, 1.165) is 51.3 Å². The van der Waals surface area contributed by atoms with Crippen molar-refractivity contribution in [1.82, 2.24) is 14.5 Å². The second-order valence-corrected chi connectivity index (χ2v) is 7.13. The van der Waals surface area contributed by atoms with Gasteiger partial charge in [0.2, 0.25) is 0 Å². The van der Waals surface area contributed by atoms with Crippen LogP contribution in [0.3, 0.4) is 0 Å². The van der Waals surface area contributed by atoms with Crippen molar-refractivity contribution < 1.29 is 4.74 Å². The normalized spacial score (nSPS) is 17.2. The van der Waals surface area contributed by atoms with Crippen LogP contribution in [0.15, 0.2) is 24.3 Å². The van der Waals surface area contributed by atoms with Crippen molar-refractivity contribution in [3.63, 3.8) is 0 Å². The van der Waals surface area contributed by atoms with Gasteiger partial charge in [-0.25, -0.2) is 4.98 Å². The largest absolute Gasteiger partial charge is 0.379 e. The molecule has 3 rings (SSSR count). The average Bonchev–Trinajstić information content (AvgIpc) is 2.88. The van der Waals surface area contributed by atoms with Crippen LogP contribution in [0.4, 0.5) is 0 Å². The molecule has 0 spiro atoms. The first kappa shape index (κ1) is 15.5. The topological polar surface area (TPSA) is 30.3 Å². The molecule has 4 heteroatoms. The Morgan fingerprint density at radius 3 is 2.55 bits per heavy atom. The van der Waals surface area contributed by atoms with E-state index < -0.39 is 0 Å². The van der Waals surface area contributed by atoms with Gasteiger partial charge in [-0.05, 0) is 18.6 Å². The first-order valence-electron chi connectivity index (χ1n) is 8.31. The second-order valence-electron chi connectivity index (χ2n) is 7.13. The minimum Gasteiger partial charge on any atom is -0.379 e. The SMILES string of the molecule is CC(C)(C)c1nc2ccccc2n1CCCN1CCOCC1. The molecule has 2 heterocycles. The number of fused-ring (bicyclic) bond motifs is 1. The molecule has 0 N–H and O–H groups in total. The monoisotopic (exact) mass is 301 g/mol. The van der Waals surface area contributed by atoms with E-state index in [9.17, 15) is 0 Å². The number of rotatable bonds is 4. The molecule has 0 amide bonds. The highest BCUT2D eigenvalue weighted by Gasteiger charge is 2.22. The summed E-state index contributed by atoms with van der Waals surface area (Å²) in [7, 11) is 0. The Kier molecular flexibility index (Phi) is 4.50. The predicted molar refractivity (Wildman–Crippen MR) is 90.3 cm³/mol. The van der Waals surface area contributed by atoms with Gasteiger partial charge in [-0.2, -0.15) is 0 Å². The third kappa shape index (κ3) is 3.33. The van der Waals surface area contributed by atoms with Crippen LogP contribution in [0.1, 0.15) is 33.0 Å². The standard InChI is InChI=1S/C18H27N3O/c1-18(2,3)17-19-15-7-4-5-8-16(15)21(17)10-6-9-20-11-13-22-14-12-20/h4-5,7-8H,6,9-14H2,1-3H3. The lowest BCUT2D eigenvalue weighted by atomic mass is 9.95. The molecule has 1 fully saturated rings. The van der Waals surface area contributed by atoms with Crippen molar-refractivity contribution in [3.05, 3.63) is 30.1 Å². The lowest BCUT2D eigenvalue weighted by Crippen LogP contribution is -2.37. The molecule has 1 aliphatic rings. The van der Waals surface area contributed by atoms with E-state index in [4.69, 9.17) is 9.72 Å². The van der Waals surface area contributed by atoms with Gasteiger partial charge in [0, 0.05) is 31.6 Å². The van der Waals surface area contributed by atoms with Gasteiger partial charge in [-0.1, -0.05) is 32.9 Å². The maximum atomic E-state index is 5.42. The Morgan fingerprint density at radius 1 is 1.09 bits per heavy atom. The van der Waals surface area contributed by atoms with Crippen molar-refractivity contribution in [1.29, 1.82) is 0 Å². The van der Waals surface area contributed by atoms with Crippen LogP contribution in [0.5, 0.6) is 0 Å². The zero-order valence-corrected chi connectivity index (χ0v) is 14.0. The molecular weight excluding hydrogens is 274 g/mol. The minimum absolute atomic E-state index is 0.0674. The fourth-order valence-electron chi connectivity index (χ4n) is 3.15. The highest BCUT2D eigenvalue weighted by molar-refractivity contribution is 5.76. The lowest BCUT2D eigenvalue weighted by Gasteiger charge is -2.27. The van der Waals surface area contributed by atoms with Gasteiger partial charge in [-0.15, -0.1) is 0 Å². The molecule has 1 aliphatic heterocycles. The van der Waals surface area contributed by atoms with Crippen molar-refractivity contribution in [2.75, 3.05) is 32.8 Å². The number of nitrogens with zero attached hydrogens (tertiary/aromatic N) is 3. The van der Waals surface area contributed by atoms with E-state index in [-0.39, 0.29) is 5.41 Å². The predicted octanol–water partition coefficient (Wildman–Crippen LogP) is 3.06. The van der Waals surface area contributed by atoms with Crippen LogP contribution in [-0.2, 0) is 16.7 Å². The third-order valence-electron chi connectivity index (χ3n) is 4.29. The molecule has 0 bridgehead atoms. The van der Waals surface area contributed by atoms with Crippen LogP contribution in [0.25, 0.3) is 11.0 Å². The van der Waals surface area contributed by atoms with Crippen molar-refractivity contribution in [2.24, 2.45) is 0 Å². The Balaban J connectivity index is 1.76. The molecule has 0 atom stereocenters. The molecule has 1 saturated heterocycles. The summed E-state index contributed by atoms with van der Waals surface area (Å²) in [5.41, 5.74) is 2.44. The molecule has 0 saturated carbocycles. The molecule has 1 aromatic carbocycles. The highest BCUT2D eigenvalue weighted by atomic mass is 16.5. The summed E-state index contributed by atoms with van der Waals surface area (Å²) >= 11 is 0. The summed E-state index contributed by atoms with van der Waals surface area (Å²) < 4.78 is 7.83. The van der Waals surface area contributed by atoms with E-state index >= 15 is 0 Å². The number of morpholine rings is 1. The average molecular weight is 301 g/mol. The van der Waals surface area contributed by atoms with Gasteiger partial charge in [-0.3, -0.25) is 4.90 Å². The number of aromatic nitrogens is 2. The minimum atomic E-state index is 0.0674. The fraction of sp³-hybridized carbons (Fsp3) is 0.611. The highest BCUT2D eigenvalue weighted by Crippen LogP contribution is 2.26. The zero-order valence-electron chi connectivity index (χ0n) is 14.0. The van der Waals surface area contributed by atoms with E-state index in [0.29, 0.717) is 0 Å². The molecule has 22 heavy (non-hydrogen) atoms. The number of hydrogen-bond acceptors (Lipinski definition) is 3. The third-order valence-corrected chi connectivity index (χ3v) is 4.29. The smallest absolute Gasteiger partial charge is 0.115 e. The van der Waals surface area contributed by atoms with Crippen LogP contribution in [-0.4, -0.2) is 47.3 Å². The molecule has 0 unspecified atom stereocenters. The summed E-state index contributed by atoms with van der Waals surface area (Å²) in [4.78, 5) is 7.38. The van der Waals surface area contributed by atoms with E-state index in [1.807, 2.05) is 0 Å². The summed E-state index contributed by atoms with van der Waals surface area (Å²) in [6.45, 7) is 12.8. The van der Waals surface area contributed by atoms with Gasteiger partial charge in [0.25, 0.3) is 0 Å². The van der Waals surface area contributed by atoms with E-state index in [2.05, 4.69) is 54.5 Å². The van der Waals surface area contributed by atoms with E-state index in [1.165, 1.54) is 11.3 Å². The van der Waals surface area contributed by atoms with Gasteiger partial charge >= 0.3 is 0 Å². The molecule has 120 valence electrons. The maximum Gasteiger partial charge on any atom is 0.115 e. The molecule has 1 aromatic heterocycles. The van der Waals surface area contributed by atoms with Crippen LogP contribution >= 0.6 is 0 Å². The Morgan fingerprint density at radius 2 is 1.82 bits per heavy atom. The van der Waals surface area contributed by atoms with Crippen molar-refractivity contribution in [2.45, 2.75) is 39.2 Å². The van der Waals surface area contributed by atoms with Gasteiger partial charge in [0.1, 0.15) is 5.82 Å². The van der Waals surface area contributed by atoms with E-state index in [1.54, 1.807) is 0 Å². The first-order valence-corrected chi connectivity index (χ1v) is 8.31. The number of ether oxygens (including phenoxy) is 1. The summed E-state index contributed by atoms with van der Waals surface area (Å²) in [5, 5.41) is 0. The van der Waals surface area contributed by atoms with Gasteiger partial charge in [0.15, 0.2) is 0 Å². The quantitative estimate of drug-likeness (QED) is 0.869. The summed E-state index contributed by atoms with van der Waals surface area (Å²) in [5.74, 6) is 1.19. The first-order chi connectivity index (χ1) is 10.6. The molecule has 0 aliphatic carbocycles. The number of hydrogen-bond donors (Lipinski definition) is 0. The molecular formula is C18H27N3O. The summed E-state index contributed by atoms with van der Waals surface area (Å²) in [6, 6.07) is 8.48. The number of benzene rings is 1. The number of para-hydroxylation sites is 2. The molecule has 4 nitrogen and oxygen atoms in total. The number of aryl methyl sites for hydroxylation is 1. The second kappa shape index (κ2) is 6.39. The Bertz CT molecular complexity index is 621. The van der Waals surface area contributed by atoms with Crippen LogP contribution < -0.4 is 0 Å². The number of imidazole rings is 1. The maximum absolute atomic E-state index is 5.42. The zero-order chi connectivity index (χ0) is 15.6. The fourth-order valence-corrected chi connectivity index (χ4v) is 3.15. The van der Waals surface area contributed by atoms with Crippen LogP contribution in [0, 0.1) is 0 Å². The van der Waals surface area contributed by atoms with Gasteiger partial charge in [0.05, 0.1) is 24.2 Å². The Labute approximate surface area is 133 Å². The Hall–Kier alpha value is -1.39. The van der Waals surface area contributed by atoms with Crippen molar-refractivity contribution >= 4 is 11.0 Å². The lowest BCUT2D eigenvalue weighted by molar-refractivity contribution is 0.0369. The molecule has 2 aromatic rings. The van der Waals surface area contributed by atoms with Crippen LogP contribution in [0.2, 0.25) is 0 Å². The molecule has 0 radical (unpaired) electrons. The summed E-state index contributed by atoms with van der Waals surface area (Å²) in [6.07, 6.45) is 1.16. The van der Waals surface area contributed by atoms with Gasteiger partial charge < -0.3 is 9.30 Å². The van der Waals surface area contributed by atoms with Crippen molar-refractivity contribution in [3.8, 4) is 0 Å².